The van der Waals surface area contributed by atoms with E-state index >= 15 is 0 Å². The summed E-state index contributed by atoms with van der Waals surface area (Å²) in [5.74, 6) is -0.417. The van der Waals surface area contributed by atoms with Crippen molar-refractivity contribution in [1.82, 2.24) is 29.7 Å². The van der Waals surface area contributed by atoms with Gasteiger partial charge in [0.25, 0.3) is 5.56 Å². The molecule has 0 aliphatic carbocycles. The monoisotopic (exact) mass is 495 g/mol. The summed E-state index contributed by atoms with van der Waals surface area (Å²) in [5.41, 5.74) is 1.40. The summed E-state index contributed by atoms with van der Waals surface area (Å²) in [7, 11) is 0. The van der Waals surface area contributed by atoms with E-state index in [0.29, 0.717) is 22.0 Å². The predicted octanol–water partition coefficient (Wildman–Crippen LogP) is 3.23. The van der Waals surface area contributed by atoms with Crippen LogP contribution in [0.2, 0.25) is 0 Å². The molecule has 3 N–H and O–H groups in total. The van der Waals surface area contributed by atoms with Gasteiger partial charge in [0, 0.05) is 22.4 Å². The number of aromatic nitrogens is 6. The van der Waals surface area contributed by atoms with Crippen LogP contribution in [0.25, 0.3) is 38.5 Å². The lowest BCUT2D eigenvalue weighted by Crippen LogP contribution is -2.32. The number of para-hydroxylation sites is 1. The first kappa shape index (κ1) is 21.7. The van der Waals surface area contributed by atoms with Gasteiger partial charge in [-0.2, -0.15) is 0 Å². The van der Waals surface area contributed by atoms with Crippen molar-refractivity contribution in [3.63, 3.8) is 0 Å². The van der Waals surface area contributed by atoms with E-state index < -0.39 is 17.2 Å². The fraction of sp³-hybridized carbons (Fsp3) is 0.0400. The van der Waals surface area contributed by atoms with Crippen molar-refractivity contribution in [3.05, 3.63) is 93.6 Å². The molecule has 6 rings (SSSR count). The molecule has 0 unspecified atom stereocenters. The zero-order valence-electron chi connectivity index (χ0n) is 18.6. The zero-order chi connectivity index (χ0) is 24.6. The Morgan fingerprint density at radius 1 is 0.917 bits per heavy atom. The van der Waals surface area contributed by atoms with E-state index in [1.807, 2.05) is 54.6 Å². The van der Waals surface area contributed by atoms with E-state index in [-0.39, 0.29) is 11.6 Å². The average molecular weight is 496 g/mol. The van der Waals surface area contributed by atoms with E-state index in [1.54, 1.807) is 12.1 Å². The molecule has 11 heteroatoms. The third-order valence-corrected chi connectivity index (χ3v) is 6.49. The second-order valence-corrected chi connectivity index (χ2v) is 8.90. The van der Waals surface area contributed by atoms with Gasteiger partial charge in [-0.3, -0.25) is 14.6 Å². The second kappa shape index (κ2) is 8.78. The van der Waals surface area contributed by atoms with Crippen molar-refractivity contribution in [2.45, 2.75) is 5.16 Å². The Bertz CT molecular complexity index is 1900. The molecule has 0 bridgehead atoms. The van der Waals surface area contributed by atoms with Crippen LogP contribution in [0.3, 0.4) is 0 Å². The first-order valence-corrected chi connectivity index (χ1v) is 11.9. The minimum Gasteiger partial charge on any atom is -0.338 e. The van der Waals surface area contributed by atoms with Crippen molar-refractivity contribution < 1.29 is 4.79 Å². The summed E-state index contributed by atoms with van der Waals surface area (Å²) in [4.78, 5) is 47.6. The van der Waals surface area contributed by atoms with Crippen molar-refractivity contribution in [3.8, 4) is 5.69 Å². The number of aromatic amines is 2. The molecule has 3 aromatic carbocycles. The van der Waals surface area contributed by atoms with Crippen LogP contribution in [0.4, 0.5) is 5.82 Å². The molecular weight excluding hydrogens is 478 g/mol. The SMILES string of the molecule is O=C(CSc1nnc2c(n1)[nH]c1ccccc12)Nc1cc(=O)[nH]c(=O)n1-c1cccc2ccccc12. The number of thioether (sulfide) groups is 1. The molecule has 0 aliphatic rings. The summed E-state index contributed by atoms with van der Waals surface area (Å²) < 4.78 is 1.28. The standard InChI is InChI=1S/C25H17N7O3S/c33-20-12-19(32(25(35)28-20)18-11-5-7-14-6-1-2-8-15(14)18)27-21(34)13-36-24-29-23-22(30-31-24)16-9-3-4-10-17(16)26-23/h1-12H,13H2,(H,27,34)(H,26,29,31)(H,28,33,35). The molecule has 176 valence electrons. The van der Waals surface area contributed by atoms with Gasteiger partial charge in [-0.05, 0) is 17.5 Å². The molecule has 3 heterocycles. The summed E-state index contributed by atoms with van der Waals surface area (Å²) in [6.45, 7) is 0. The van der Waals surface area contributed by atoms with Gasteiger partial charge in [0.15, 0.2) is 5.65 Å². The number of hydrogen-bond acceptors (Lipinski definition) is 7. The van der Waals surface area contributed by atoms with Crippen LogP contribution in [0.5, 0.6) is 0 Å². The number of amides is 1. The highest BCUT2D eigenvalue weighted by Gasteiger charge is 2.15. The number of nitrogens with zero attached hydrogens (tertiary/aromatic N) is 4. The van der Waals surface area contributed by atoms with Gasteiger partial charge in [0.2, 0.25) is 11.1 Å². The van der Waals surface area contributed by atoms with E-state index in [9.17, 15) is 14.4 Å². The number of fused-ring (bicyclic) bond motifs is 4. The Balaban J connectivity index is 1.28. The Kier molecular flexibility index (Phi) is 5.30. The number of hydrogen-bond donors (Lipinski definition) is 3. The smallest absolute Gasteiger partial charge is 0.334 e. The zero-order valence-corrected chi connectivity index (χ0v) is 19.4. The van der Waals surface area contributed by atoms with E-state index in [4.69, 9.17) is 0 Å². The topological polar surface area (TPSA) is 138 Å². The Labute approximate surface area is 206 Å². The van der Waals surface area contributed by atoms with Crippen LogP contribution in [0.15, 0.2) is 87.5 Å². The maximum Gasteiger partial charge on any atom is 0.334 e. The van der Waals surface area contributed by atoms with Crippen LogP contribution in [-0.2, 0) is 4.79 Å². The van der Waals surface area contributed by atoms with Gasteiger partial charge >= 0.3 is 5.69 Å². The Hall–Kier alpha value is -4.77. The minimum atomic E-state index is -0.654. The van der Waals surface area contributed by atoms with Gasteiger partial charge in [0.05, 0.1) is 11.4 Å². The molecule has 3 aromatic heterocycles. The van der Waals surface area contributed by atoms with Gasteiger partial charge < -0.3 is 10.3 Å². The van der Waals surface area contributed by atoms with E-state index in [2.05, 4.69) is 30.5 Å². The van der Waals surface area contributed by atoms with Gasteiger partial charge in [-0.15, -0.1) is 10.2 Å². The lowest BCUT2D eigenvalue weighted by Gasteiger charge is -2.15. The first-order valence-electron chi connectivity index (χ1n) is 11.0. The van der Waals surface area contributed by atoms with Crippen LogP contribution < -0.4 is 16.6 Å². The number of benzene rings is 3. The quantitative estimate of drug-likeness (QED) is 0.312. The Morgan fingerprint density at radius 2 is 1.69 bits per heavy atom. The van der Waals surface area contributed by atoms with Crippen molar-refractivity contribution >= 4 is 56.3 Å². The average Bonchev–Trinajstić information content (AvgIpc) is 3.25. The van der Waals surface area contributed by atoms with Crippen LogP contribution in [-0.4, -0.2) is 41.4 Å². The molecule has 0 saturated carbocycles. The summed E-state index contributed by atoms with van der Waals surface area (Å²) in [6, 6.07) is 21.9. The highest BCUT2D eigenvalue weighted by molar-refractivity contribution is 7.99. The molecule has 6 aromatic rings. The van der Waals surface area contributed by atoms with Crippen molar-refractivity contribution in [2.75, 3.05) is 11.1 Å². The van der Waals surface area contributed by atoms with Crippen molar-refractivity contribution in [2.24, 2.45) is 0 Å². The maximum atomic E-state index is 12.8. The van der Waals surface area contributed by atoms with E-state index in [1.165, 1.54) is 10.6 Å². The molecule has 0 spiro atoms. The number of anilines is 1. The molecule has 0 saturated heterocycles. The molecule has 0 aliphatic heterocycles. The summed E-state index contributed by atoms with van der Waals surface area (Å²) >= 11 is 1.10. The number of carbonyl (C=O) groups is 1. The largest absolute Gasteiger partial charge is 0.338 e. The molecule has 1 amide bonds. The predicted molar refractivity (Wildman–Crippen MR) is 139 cm³/mol. The lowest BCUT2D eigenvalue weighted by molar-refractivity contribution is -0.113. The number of H-pyrrole nitrogens is 2. The van der Waals surface area contributed by atoms with Crippen LogP contribution >= 0.6 is 11.8 Å². The number of carbonyl (C=O) groups excluding carboxylic acids is 1. The molecule has 0 fully saturated rings. The first-order chi connectivity index (χ1) is 17.6. The highest BCUT2D eigenvalue weighted by atomic mass is 32.2. The fourth-order valence-corrected chi connectivity index (χ4v) is 4.69. The number of rotatable bonds is 5. The molecule has 0 atom stereocenters. The molecular formula is C25H17N7O3S. The minimum absolute atomic E-state index is 0.0516. The van der Waals surface area contributed by atoms with Crippen LogP contribution in [0.1, 0.15) is 0 Å². The maximum absolute atomic E-state index is 12.8. The fourth-order valence-electron chi connectivity index (χ4n) is 4.11. The van der Waals surface area contributed by atoms with Gasteiger partial charge in [-0.1, -0.05) is 66.4 Å². The van der Waals surface area contributed by atoms with Crippen molar-refractivity contribution in [1.29, 1.82) is 0 Å². The van der Waals surface area contributed by atoms with Gasteiger partial charge in [-0.25, -0.2) is 14.3 Å². The third kappa shape index (κ3) is 3.91. The van der Waals surface area contributed by atoms with E-state index in [0.717, 1.165) is 33.4 Å². The molecule has 0 radical (unpaired) electrons. The summed E-state index contributed by atoms with van der Waals surface area (Å²) in [6.07, 6.45) is 0. The van der Waals surface area contributed by atoms with Gasteiger partial charge in [0.1, 0.15) is 11.3 Å². The number of nitrogens with one attached hydrogen (secondary N) is 3. The van der Waals surface area contributed by atoms with Crippen LogP contribution in [0, 0.1) is 0 Å². The highest BCUT2D eigenvalue weighted by Crippen LogP contribution is 2.25. The normalized spacial score (nSPS) is 11.3. The molecule has 36 heavy (non-hydrogen) atoms. The third-order valence-electron chi connectivity index (χ3n) is 5.65. The Morgan fingerprint density at radius 3 is 2.58 bits per heavy atom. The summed E-state index contributed by atoms with van der Waals surface area (Å²) in [5, 5.41) is 14.0. The molecule has 10 nitrogen and oxygen atoms in total. The second-order valence-electron chi connectivity index (χ2n) is 7.96. The lowest BCUT2D eigenvalue weighted by atomic mass is 10.1.